The predicted octanol–water partition coefficient (Wildman–Crippen LogP) is 1.83. The molecule has 7 nitrogen and oxygen atoms in total. The predicted molar refractivity (Wildman–Crippen MR) is 100 cm³/mol. The summed E-state index contributed by atoms with van der Waals surface area (Å²) in [5.41, 5.74) is 0. The highest BCUT2D eigenvalue weighted by Gasteiger charge is 2.07. The Kier molecular flexibility index (Phi) is 7.97. The minimum atomic E-state index is -0.218. The summed E-state index contributed by atoms with van der Waals surface area (Å²) in [6.45, 7) is 6.66. The summed E-state index contributed by atoms with van der Waals surface area (Å²) in [4.78, 5) is 22.0. The van der Waals surface area contributed by atoms with Crippen LogP contribution in [0.4, 0.5) is 0 Å². The van der Waals surface area contributed by atoms with Crippen molar-refractivity contribution < 1.29 is 9.21 Å². The zero-order chi connectivity index (χ0) is 17.9. The second-order valence-electron chi connectivity index (χ2n) is 5.24. The fourth-order valence-corrected chi connectivity index (χ4v) is 2.94. The van der Waals surface area contributed by atoms with E-state index >= 15 is 0 Å². The maximum atomic E-state index is 11.7. The molecular formula is C17H25N5O2S. The van der Waals surface area contributed by atoms with Crippen molar-refractivity contribution in [2.24, 2.45) is 4.99 Å². The van der Waals surface area contributed by atoms with Gasteiger partial charge in [-0.05, 0) is 25.5 Å². The van der Waals surface area contributed by atoms with Crippen LogP contribution in [0.2, 0.25) is 0 Å². The number of hydrogen-bond donors (Lipinski definition) is 3. The second-order valence-corrected chi connectivity index (χ2v) is 6.44. The van der Waals surface area contributed by atoms with E-state index in [1.54, 1.807) is 23.5 Å². The van der Waals surface area contributed by atoms with Crippen LogP contribution in [0.25, 0.3) is 0 Å². The lowest BCUT2D eigenvalue weighted by Gasteiger charge is -2.11. The fraction of sp³-hybridized carbons (Fsp3) is 0.471. The number of aryl methyl sites for hydroxylation is 1. The van der Waals surface area contributed by atoms with Crippen LogP contribution in [-0.4, -0.2) is 43.0 Å². The summed E-state index contributed by atoms with van der Waals surface area (Å²) in [5, 5.41) is 10.3. The van der Waals surface area contributed by atoms with Gasteiger partial charge in [-0.15, -0.1) is 11.3 Å². The summed E-state index contributed by atoms with van der Waals surface area (Å²) in [6, 6.07) is 3.33. The van der Waals surface area contributed by atoms with Crippen molar-refractivity contribution in [1.82, 2.24) is 20.9 Å². The molecule has 2 heterocycles. The van der Waals surface area contributed by atoms with Crippen LogP contribution in [0, 0.1) is 0 Å². The van der Waals surface area contributed by atoms with Gasteiger partial charge in [0.15, 0.2) is 11.7 Å². The largest absolute Gasteiger partial charge is 0.459 e. The third-order valence-electron chi connectivity index (χ3n) is 3.34. The Hall–Kier alpha value is -2.35. The molecule has 25 heavy (non-hydrogen) atoms. The number of thiazole rings is 1. The Labute approximate surface area is 151 Å². The molecule has 2 aromatic heterocycles. The molecule has 0 aliphatic carbocycles. The lowest BCUT2D eigenvalue weighted by Crippen LogP contribution is -2.41. The number of nitrogens with one attached hydrogen (secondary N) is 3. The molecule has 0 fully saturated rings. The Morgan fingerprint density at radius 1 is 1.28 bits per heavy atom. The monoisotopic (exact) mass is 363 g/mol. The molecule has 0 spiro atoms. The molecule has 1 amide bonds. The van der Waals surface area contributed by atoms with E-state index in [0.29, 0.717) is 25.4 Å². The van der Waals surface area contributed by atoms with Crippen molar-refractivity contribution in [2.75, 3.05) is 26.2 Å². The topological polar surface area (TPSA) is 91.5 Å². The third kappa shape index (κ3) is 6.58. The number of guanidine groups is 1. The molecule has 0 unspecified atom stereocenters. The molecule has 0 radical (unpaired) electrons. The minimum absolute atomic E-state index is 0.218. The third-order valence-corrected chi connectivity index (χ3v) is 4.54. The average Bonchev–Trinajstić information content (AvgIpc) is 3.30. The Balaban J connectivity index is 1.70. The first-order valence-corrected chi connectivity index (χ1v) is 9.32. The number of aromatic nitrogens is 1. The summed E-state index contributed by atoms with van der Waals surface area (Å²) in [7, 11) is 0. The van der Waals surface area contributed by atoms with Gasteiger partial charge in [-0.2, -0.15) is 0 Å². The maximum absolute atomic E-state index is 11.7. The van der Waals surface area contributed by atoms with Gasteiger partial charge < -0.3 is 20.4 Å². The Bertz CT molecular complexity index is 666. The van der Waals surface area contributed by atoms with Gasteiger partial charge in [-0.1, -0.05) is 6.92 Å². The zero-order valence-corrected chi connectivity index (χ0v) is 15.5. The number of aliphatic imine (C=N–C) groups is 1. The van der Waals surface area contributed by atoms with Crippen LogP contribution in [0.15, 0.2) is 34.0 Å². The smallest absolute Gasteiger partial charge is 0.287 e. The van der Waals surface area contributed by atoms with E-state index in [2.05, 4.69) is 32.9 Å². The van der Waals surface area contributed by atoms with Gasteiger partial charge in [0.25, 0.3) is 5.91 Å². The molecule has 0 aromatic carbocycles. The van der Waals surface area contributed by atoms with E-state index in [1.807, 2.05) is 13.1 Å². The lowest BCUT2D eigenvalue weighted by atomic mass is 10.4. The van der Waals surface area contributed by atoms with Crippen molar-refractivity contribution in [2.45, 2.75) is 26.7 Å². The summed E-state index contributed by atoms with van der Waals surface area (Å²) < 4.78 is 5.04. The number of carbonyl (C=O) groups excluding carboxylic acids is 1. The molecular weight excluding hydrogens is 338 g/mol. The molecule has 8 heteroatoms. The summed E-state index contributed by atoms with van der Waals surface area (Å²) in [6.07, 6.45) is 5.27. The van der Waals surface area contributed by atoms with Crippen LogP contribution in [0.5, 0.6) is 0 Å². The van der Waals surface area contributed by atoms with Crippen molar-refractivity contribution in [3.8, 4) is 0 Å². The van der Waals surface area contributed by atoms with Crippen molar-refractivity contribution >= 4 is 23.2 Å². The molecule has 0 atom stereocenters. The lowest BCUT2D eigenvalue weighted by molar-refractivity contribution is 0.0926. The van der Waals surface area contributed by atoms with E-state index in [1.165, 1.54) is 11.1 Å². The standard InChI is InChI=1S/C17H25N5O2S/c1-3-13-12-22-15(25-13)7-8-20-17(18-4-2)21-10-9-19-16(23)14-6-5-11-24-14/h5-6,11-12H,3-4,7-10H2,1-2H3,(H,19,23)(H2,18,20,21). The normalized spacial score (nSPS) is 11.4. The van der Waals surface area contributed by atoms with E-state index in [4.69, 9.17) is 4.42 Å². The maximum Gasteiger partial charge on any atom is 0.287 e. The first-order chi connectivity index (χ1) is 12.2. The number of hydrogen-bond acceptors (Lipinski definition) is 5. The minimum Gasteiger partial charge on any atom is -0.459 e. The van der Waals surface area contributed by atoms with Gasteiger partial charge in [0.05, 0.1) is 11.3 Å². The second kappa shape index (κ2) is 10.5. The van der Waals surface area contributed by atoms with Gasteiger partial charge in [0.2, 0.25) is 0 Å². The zero-order valence-electron chi connectivity index (χ0n) is 14.7. The molecule has 3 N–H and O–H groups in total. The van der Waals surface area contributed by atoms with Gasteiger partial charge in [-0.25, -0.2) is 4.98 Å². The van der Waals surface area contributed by atoms with Gasteiger partial charge >= 0.3 is 0 Å². The quantitative estimate of drug-likeness (QED) is 0.359. The van der Waals surface area contributed by atoms with E-state index in [-0.39, 0.29) is 5.91 Å². The van der Waals surface area contributed by atoms with Crippen LogP contribution >= 0.6 is 11.3 Å². The highest BCUT2D eigenvalue weighted by molar-refractivity contribution is 7.11. The van der Waals surface area contributed by atoms with Crippen LogP contribution in [0.1, 0.15) is 34.3 Å². The molecule has 0 aliphatic rings. The van der Waals surface area contributed by atoms with Crippen molar-refractivity contribution in [3.05, 3.63) is 40.2 Å². The first kappa shape index (κ1) is 19.0. The fourth-order valence-electron chi connectivity index (χ4n) is 2.08. The number of furan rings is 1. The van der Waals surface area contributed by atoms with E-state index < -0.39 is 0 Å². The molecule has 0 bridgehead atoms. The molecule has 2 rings (SSSR count). The number of carbonyl (C=O) groups is 1. The molecule has 2 aromatic rings. The highest BCUT2D eigenvalue weighted by atomic mass is 32.1. The van der Waals surface area contributed by atoms with Gasteiger partial charge in [0, 0.05) is 43.7 Å². The Morgan fingerprint density at radius 3 is 2.80 bits per heavy atom. The number of amides is 1. The number of nitrogens with zero attached hydrogens (tertiary/aromatic N) is 2. The molecule has 0 aliphatic heterocycles. The van der Waals surface area contributed by atoms with Gasteiger partial charge in [0.1, 0.15) is 0 Å². The van der Waals surface area contributed by atoms with Crippen molar-refractivity contribution in [3.63, 3.8) is 0 Å². The van der Waals surface area contributed by atoms with Crippen LogP contribution < -0.4 is 16.0 Å². The number of rotatable bonds is 9. The average molecular weight is 363 g/mol. The van der Waals surface area contributed by atoms with Crippen LogP contribution in [0.3, 0.4) is 0 Å². The van der Waals surface area contributed by atoms with E-state index in [9.17, 15) is 4.79 Å². The summed E-state index contributed by atoms with van der Waals surface area (Å²) >= 11 is 1.74. The van der Waals surface area contributed by atoms with Crippen LogP contribution in [-0.2, 0) is 12.8 Å². The Morgan fingerprint density at radius 2 is 2.12 bits per heavy atom. The molecule has 0 saturated heterocycles. The molecule has 0 saturated carbocycles. The first-order valence-electron chi connectivity index (χ1n) is 8.50. The molecule has 136 valence electrons. The SMILES string of the molecule is CCNC(=NCCc1ncc(CC)s1)NCCNC(=O)c1ccco1. The van der Waals surface area contributed by atoms with Crippen molar-refractivity contribution in [1.29, 1.82) is 0 Å². The van der Waals surface area contributed by atoms with E-state index in [0.717, 1.165) is 30.4 Å². The van der Waals surface area contributed by atoms with Gasteiger partial charge in [-0.3, -0.25) is 9.79 Å². The summed E-state index contributed by atoms with van der Waals surface area (Å²) in [5.74, 6) is 0.835. The highest BCUT2D eigenvalue weighted by Crippen LogP contribution is 2.13.